The van der Waals surface area contributed by atoms with Gasteiger partial charge in [-0.1, -0.05) is 6.92 Å². The van der Waals surface area contributed by atoms with Gasteiger partial charge in [-0.25, -0.2) is 13.1 Å². The molecule has 92 valence electrons. The fourth-order valence-corrected chi connectivity index (χ4v) is 2.91. The van der Waals surface area contributed by atoms with E-state index in [-0.39, 0.29) is 10.8 Å². The Morgan fingerprint density at radius 3 is 2.62 bits per heavy atom. The number of rotatable bonds is 5. The molecule has 7 heteroatoms. The molecule has 0 saturated heterocycles. The van der Waals surface area contributed by atoms with Crippen LogP contribution < -0.4 is 4.72 Å². The van der Waals surface area contributed by atoms with E-state index in [1.165, 1.54) is 17.1 Å². The van der Waals surface area contributed by atoms with E-state index in [9.17, 15) is 8.42 Å². The van der Waals surface area contributed by atoms with Crippen LogP contribution in [0.4, 0.5) is 0 Å². The summed E-state index contributed by atoms with van der Waals surface area (Å²) in [6, 6.07) is 0. The van der Waals surface area contributed by atoms with Gasteiger partial charge in [0.2, 0.25) is 10.0 Å². The highest BCUT2D eigenvalue weighted by Crippen LogP contribution is 2.16. The Balaban J connectivity index is 2.96. The first-order chi connectivity index (χ1) is 7.33. The van der Waals surface area contributed by atoms with Crippen LogP contribution in [0.25, 0.3) is 0 Å². The molecule has 0 aliphatic carbocycles. The van der Waals surface area contributed by atoms with Crippen molar-refractivity contribution in [3.8, 4) is 0 Å². The number of sulfonamides is 1. The summed E-state index contributed by atoms with van der Waals surface area (Å²) in [6.07, 6.45) is 3.38. The second kappa shape index (κ2) is 4.73. The average molecular weight is 266 g/mol. The Morgan fingerprint density at radius 1 is 1.62 bits per heavy atom. The van der Waals surface area contributed by atoms with Crippen molar-refractivity contribution < 1.29 is 8.42 Å². The zero-order valence-electron chi connectivity index (χ0n) is 9.57. The number of alkyl halides is 1. The molecule has 0 fully saturated rings. The summed E-state index contributed by atoms with van der Waals surface area (Å²) in [7, 11) is -1.87. The van der Waals surface area contributed by atoms with Crippen molar-refractivity contribution in [1.82, 2.24) is 14.5 Å². The van der Waals surface area contributed by atoms with Gasteiger partial charge in [0.1, 0.15) is 4.90 Å². The Labute approximate surface area is 101 Å². The quantitative estimate of drug-likeness (QED) is 0.811. The summed E-state index contributed by atoms with van der Waals surface area (Å²) in [5, 5.41) is 3.83. The van der Waals surface area contributed by atoms with Crippen molar-refractivity contribution in [2.45, 2.75) is 30.7 Å². The number of halogens is 1. The lowest BCUT2D eigenvalue weighted by molar-refractivity contribution is 0.444. The Morgan fingerprint density at radius 2 is 2.25 bits per heavy atom. The average Bonchev–Trinajstić information content (AvgIpc) is 2.65. The van der Waals surface area contributed by atoms with E-state index in [1.54, 1.807) is 14.0 Å². The minimum atomic E-state index is -3.54. The van der Waals surface area contributed by atoms with Gasteiger partial charge in [-0.2, -0.15) is 5.10 Å². The normalized spacial score (nSPS) is 16.0. The first kappa shape index (κ1) is 13.5. The topological polar surface area (TPSA) is 64.0 Å². The number of nitrogens with one attached hydrogen (secondary N) is 1. The lowest BCUT2D eigenvalue weighted by atomic mass is 10.0. The largest absolute Gasteiger partial charge is 0.274 e. The summed E-state index contributed by atoms with van der Waals surface area (Å²) < 4.78 is 27.9. The first-order valence-corrected chi connectivity index (χ1v) is 6.93. The zero-order valence-corrected chi connectivity index (χ0v) is 11.1. The van der Waals surface area contributed by atoms with Crippen LogP contribution in [0.3, 0.4) is 0 Å². The SMILES string of the molecule is CCC(C)(CCl)NS(=O)(=O)c1cnn(C)c1. The Hall–Kier alpha value is -0.590. The number of hydrogen-bond acceptors (Lipinski definition) is 3. The van der Waals surface area contributed by atoms with Gasteiger partial charge in [-0.05, 0) is 13.3 Å². The molecule has 0 aliphatic heterocycles. The lowest BCUT2D eigenvalue weighted by Crippen LogP contribution is -2.46. The second-order valence-corrected chi connectivity index (χ2v) is 5.95. The number of aromatic nitrogens is 2. The van der Waals surface area contributed by atoms with Crippen LogP contribution in [0, 0.1) is 0 Å². The highest BCUT2D eigenvalue weighted by atomic mass is 35.5. The number of hydrogen-bond donors (Lipinski definition) is 1. The predicted octanol–water partition coefficient (Wildman–Crippen LogP) is 1.11. The Bertz CT molecular complexity index is 451. The fraction of sp³-hybridized carbons (Fsp3) is 0.667. The first-order valence-electron chi connectivity index (χ1n) is 4.91. The summed E-state index contributed by atoms with van der Waals surface area (Å²) >= 11 is 5.76. The van der Waals surface area contributed by atoms with E-state index < -0.39 is 15.6 Å². The molecule has 0 amide bonds. The van der Waals surface area contributed by atoms with Crippen LogP contribution in [0.1, 0.15) is 20.3 Å². The number of aryl methyl sites for hydroxylation is 1. The van der Waals surface area contributed by atoms with Crippen LogP contribution in [-0.4, -0.2) is 29.6 Å². The molecule has 1 aromatic rings. The summed E-state index contributed by atoms with van der Waals surface area (Å²) in [4.78, 5) is 0.153. The van der Waals surface area contributed by atoms with E-state index in [2.05, 4.69) is 9.82 Å². The molecule has 1 rings (SSSR count). The molecule has 1 atom stereocenters. The van der Waals surface area contributed by atoms with Crippen molar-refractivity contribution in [1.29, 1.82) is 0 Å². The molecule has 0 spiro atoms. The molecule has 0 saturated carbocycles. The molecule has 0 aliphatic rings. The second-order valence-electron chi connectivity index (χ2n) is 4.00. The van der Waals surface area contributed by atoms with Gasteiger partial charge >= 0.3 is 0 Å². The zero-order chi connectivity index (χ0) is 12.4. The smallest absolute Gasteiger partial charge is 0.244 e. The Kier molecular flexibility index (Phi) is 3.98. The third-order valence-corrected chi connectivity index (χ3v) is 4.63. The van der Waals surface area contributed by atoms with Gasteiger partial charge in [0, 0.05) is 24.7 Å². The molecule has 1 unspecified atom stereocenters. The molecule has 0 bridgehead atoms. The minimum Gasteiger partial charge on any atom is -0.274 e. The maximum atomic E-state index is 12.0. The van der Waals surface area contributed by atoms with Gasteiger partial charge in [0.05, 0.1) is 6.20 Å². The van der Waals surface area contributed by atoms with Crippen LogP contribution in [0.15, 0.2) is 17.3 Å². The molecule has 5 nitrogen and oxygen atoms in total. The summed E-state index contributed by atoms with van der Waals surface area (Å²) in [6.45, 7) is 3.65. The molecule has 16 heavy (non-hydrogen) atoms. The molecular formula is C9H16ClN3O2S. The van der Waals surface area contributed by atoms with E-state index >= 15 is 0 Å². The fourth-order valence-electron chi connectivity index (χ4n) is 1.11. The van der Waals surface area contributed by atoms with Gasteiger partial charge in [-0.15, -0.1) is 11.6 Å². The maximum Gasteiger partial charge on any atom is 0.244 e. The molecule has 1 heterocycles. The molecule has 1 aromatic heterocycles. The maximum absolute atomic E-state index is 12.0. The standard InChI is InChI=1S/C9H16ClN3O2S/c1-4-9(2,7-10)12-16(14,15)8-5-11-13(3)6-8/h5-6,12H,4,7H2,1-3H3. The molecular weight excluding hydrogens is 250 g/mol. The molecule has 0 radical (unpaired) electrons. The van der Waals surface area contributed by atoms with Crippen molar-refractivity contribution >= 4 is 21.6 Å². The lowest BCUT2D eigenvalue weighted by Gasteiger charge is -2.26. The van der Waals surface area contributed by atoms with Crippen molar-refractivity contribution in [2.75, 3.05) is 5.88 Å². The number of nitrogens with zero attached hydrogens (tertiary/aromatic N) is 2. The molecule has 1 N–H and O–H groups in total. The summed E-state index contributed by atoms with van der Waals surface area (Å²) in [5.74, 6) is 0.225. The monoisotopic (exact) mass is 265 g/mol. The van der Waals surface area contributed by atoms with Crippen molar-refractivity contribution in [3.05, 3.63) is 12.4 Å². The van der Waals surface area contributed by atoms with E-state index in [0.29, 0.717) is 6.42 Å². The third kappa shape index (κ3) is 2.96. The van der Waals surface area contributed by atoms with Gasteiger partial charge < -0.3 is 0 Å². The highest BCUT2D eigenvalue weighted by Gasteiger charge is 2.28. The van der Waals surface area contributed by atoms with E-state index in [1.807, 2.05) is 6.92 Å². The highest BCUT2D eigenvalue weighted by molar-refractivity contribution is 7.89. The van der Waals surface area contributed by atoms with E-state index in [0.717, 1.165) is 0 Å². The molecule has 0 aromatic carbocycles. The van der Waals surface area contributed by atoms with E-state index in [4.69, 9.17) is 11.6 Å². The van der Waals surface area contributed by atoms with Gasteiger partial charge in [-0.3, -0.25) is 4.68 Å². The predicted molar refractivity (Wildman–Crippen MR) is 62.9 cm³/mol. The van der Waals surface area contributed by atoms with Crippen LogP contribution in [0.5, 0.6) is 0 Å². The third-order valence-electron chi connectivity index (χ3n) is 2.45. The van der Waals surface area contributed by atoms with Crippen molar-refractivity contribution in [3.63, 3.8) is 0 Å². The van der Waals surface area contributed by atoms with Gasteiger partial charge in [0.15, 0.2) is 0 Å². The summed E-state index contributed by atoms with van der Waals surface area (Å²) in [5.41, 5.74) is -0.629. The van der Waals surface area contributed by atoms with Crippen molar-refractivity contribution in [2.24, 2.45) is 7.05 Å². The van der Waals surface area contributed by atoms with Crippen LogP contribution >= 0.6 is 11.6 Å². The van der Waals surface area contributed by atoms with Crippen LogP contribution in [0.2, 0.25) is 0 Å². The van der Waals surface area contributed by atoms with Gasteiger partial charge in [0.25, 0.3) is 0 Å². The van der Waals surface area contributed by atoms with Crippen LogP contribution in [-0.2, 0) is 17.1 Å². The minimum absolute atomic E-state index is 0.153.